The normalized spacial score (nSPS) is 10.2. The summed E-state index contributed by atoms with van der Waals surface area (Å²) < 4.78 is 4.82. The number of nitrogens with zero attached hydrogens (tertiary/aromatic N) is 2. The van der Waals surface area contributed by atoms with Crippen LogP contribution in [-0.2, 0) is 14.3 Å². The van der Waals surface area contributed by atoms with Gasteiger partial charge >= 0.3 is 18.0 Å². The maximum absolute atomic E-state index is 12.3. The number of hydrogen-bond acceptors (Lipinski definition) is 4. The fraction of sp³-hybridized carbons (Fsp3) is 0.769. The summed E-state index contributed by atoms with van der Waals surface area (Å²) in [7, 11) is 0. The van der Waals surface area contributed by atoms with Crippen molar-refractivity contribution in [2.24, 2.45) is 0 Å². The highest BCUT2D eigenvalue weighted by Gasteiger charge is 2.24. The summed E-state index contributed by atoms with van der Waals surface area (Å²) in [5.74, 6) is -1.43. The monoisotopic (exact) mass is 288 g/mol. The number of carboxylic acid groups (broad SMARTS) is 1. The van der Waals surface area contributed by atoms with E-state index in [0.717, 1.165) is 0 Å². The van der Waals surface area contributed by atoms with Gasteiger partial charge in [0.05, 0.1) is 13.0 Å². The standard InChI is InChI=1S/C13H24N2O5/c1-5-14(9-12(18)20-6-2)13(19)15(10(3)4)8-7-11(16)17/h10H,5-9H2,1-4H3,(H,16,17). The minimum absolute atomic E-state index is 0.116. The molecule has 20 heavy (non-hydrogen) atoms. The summed E-state index contributed by atoms with van der Waals surface area (Å²) in [6.45, 7) is 7.67. The Morgan fingerprint density at radius 3 is 2.20 bits per heavy atom. The number of carbonyl (C=O) groups excluding carboxylic acids is 2. The number of carbonyl (C=O) groups is 3. The van der Waals surface area contributed by atoms with Crippen molar-refractivity contribution in [1.82, 2.24) is 9.80 Å². The Bertz CT molecular complexity index is 344. The zero-order valence-electron chi connectivity index (χ0n) is 12.6. The van der Waals surface area contributed by atoms with Crippen molar-refractivity contribution in [2.45, 2.75) is 40.2 Å². The van der Waals surface area contributed by atoms with E-state index in [9.17, 15) is 14.4 Å². The van der Waals surface area contributed by atoms with Gasteiger partial charge in [0.25, 0.3) is 0 Å². The van der Waals surface area contributed by atoms with E-state index in [0.29, 0.717) is 6.54 Å². The Morgan fingerprint density at radius 1 is 1.20 bits per heavy atom. The van der Waals surface area contributed by atoms with Crippen LogP contribution >= 0.6 is 0 Å². The fourth-order valence-electron chi connectivity index (χ4n) is 1.65. The minimum atomic E-state index is -0.961. The van der Waals surface area contributed by atoms with E-state index in [1.54, 1.807) is 27.7 Å². The number of amides is 2. The first-order valence-corrected chi connectivity index (χ1v) is 6.76. The summed E-state index contributed by atoms with van der Waals surface area (Å²) in [4.78, 5) is 37.2. The average molecular weight is 288 g/mol. The molecule has 0 unspecified atom stereocenters. The van der Waals surface area contributed by atoms with Gasteiger partial charge in [0.2, 0.25) is 0 Å². The first-order valence-electron chi connectivity index (χ1n) is 6.76. The maximum atomic E-state index is 12.3. The third-order valence-electron chi connectivity index (χ3n) is 2.71. The molecule has 0 bridgehead atoms. The minimum Gasteiger partial charge on any atom is -0.481 e. The molecule has 0 saturated heterocycles. The van der Waals surface area contributed by atoms with Gasteiger partial charge in [-0.3, -0.25) is 9.59 Å². The second kappa shape index (κ2) is 9.17. The molecule has 0 fully saturated rings. The SMILES string of the molecule is CCOC(=O)CN(CC)C(=O)N(CCC(=O)O)C(C)C. The van der Waals surface area contributed by atoms with Crippen LogP contribution in [0.15, 0.2) is 0 Å². The van der Waals surface area contributed by atoms with E-state index in [4.69, 9.17) is 9.84 Å². The molecular formula is C13H24N2O5. The number of aliphatic carboxylic acids is 1. The Balaban J connectivity index is 4.73. The van der Waals surface area contributed by atoms with Crippen LogP contribution in [0, 0.1) is 0 Å². The van der Waals surface area contributed by atoms with E-state index in [1.165, 1.54) is 9.80 Å². The average Bonchev–Trinajstić information content (AvgIpc) is 2.35. The zero-order valence-corrected chi connectivity index (χ0v) is 12.6. The summed E-state index contributed by atoms with van der Waals surface area (Å²) in [5.41, 5.74) is 0. The van der Waals surface area contributed by atoms with Crippen molar-refractivity contribution in [3.05, 3.63) is 0 Å². The van der Waals surface area contributed by atoms with Crippen LogP contribution in [0.5, 0.6) is 0 Å². The van der Waals surface area contributed by atoms with Crippen LogP contribution in [0.25, 0.3) is 0 Å². The van der Waals surface area contributed by atoms with Crippen molar-refractivity contribution >= 4 is 18.0 Å². The maximum Gasteiger partial charge on any atom is 0.325 e. The molecular weight excluding hydrogens is 264 g/mol. The van der Waals surface area contributed by atoms with Gasteiger partial charge in [0, 0.05) is 19.1 Å². The first-order chi connectivity index (χ1) is 9.33. The van der Waals surface area contributed by atoms with Crippen LogP contribution in [0.2, 0.25) is 0 Å². The quantitative estimate of drug-likeness (QED) is 0.678. The molecule has 0 aliphatic rings. The number of ether oxygens (including phenoxy) is 1. The summed E-state index contributed by atoms with van der Waals surface area (Å²) >= 11 is 0. The molecule has 7 nitrogen and oxygen atoms in total. The molecule has 116 valence electrons. The van der Waals surface area contributed by atoms with Gasteiger partial charge in [-0.05, 0) is 27.7 Å². The van der Waals surface area contributed by atoms with Crippen LogP contribution in [-0.4, -0.2) is 65.2 Å². The molecule has 0 atom stereocenters. The highest BCUT2D eigenvalue weighted by molar-refractivity contribution is 5.81. The lowest BCUT2D eigenvalue weighted by atomic mass is 10.3. The first kappa shape index (κ1) is 18.2. The number of esters is 1. The molecule has 0 heterocycles. The summed E-state index contributed by atoms with van der Waals surface area (Å²) in [5, 5.41) is 8.71. The van der Waals surface area contributed by atoms with Gasteiger partial charge < -0.3 is 19.6 Å². The van der Waals surface area contributed by atoms with Crippen LogP contribution in [0.3, 0.4) is 0 Å². The zero-order chi connectivity index (χ0) is 15.7. The number of hydrogen-bond donors (Lipinski definition) is 1. The van der Waals surface area contributed by atoms with E-state index >= 15 is 0 Å². The molecule has 7 heteroatoms. The van der Waals surface area contributed by atoms with Crippen LogP contribution < -0.4 is 0 Å². The molecule has 0 rings (SSSR count). The number of urea groups is 1. The topological polar surface area (TPSA) is 87.2 Å². The van der Waals surface area contributed by atoms with Crippen molar-refractivity contribution in [2.75, 3.05) is 26.2 Å². The Labute approximate surface area is 119 Å². The predicted molar refractivity (Wildman–Crippen MR) is 73.4 cm³/mol. The third-order valence-corrected chi connectivity index (χ3v) is 2.71. The number of carboxylic acids is 1. The lowest BCUT2D eigenvalue weighted by Gasteiger charge is -2.32. The van der Waals surface area contributed by atoms with Gasteiger partial charge in [-0.1, -0.05) is 0 Å². The van der Waals surface area contributed by atoms with E-state index in [2.05, 4.69) is 0 Å². The summed E-state index contributed by atoms with van der Waals surface area (Å²) in [6.07, 6.45) is -0.124. The summed E-state index contributed by atoms with van der Waals surface area (Å²) in [6, 6.07) is -0.491. The highest BCUT2D eigenvalue weighted by atomic mass is 16.5. The highest BCUT2D eigenvalue weighted by Crippen LogP contribution is 2.06. The largest absolute Gasteiger partial charge is 0.481 e. The van der Waals surface area contributed by atoms with Crippen molar-refractivity contribution in [3.63, 3.8) is 0 Å². The van der Waals surface area contributed by atoms with Crippen molar-refractivity contribution < 1.29 is 24.2 Å². The molecule has 0 aromatic carbocycles. The number of likely N-dealkylation sites (N-methyl/N-ethyl adjacent to an activating group) is 1. The van der Waals surface area contributed by atoms with Gasteiger partial charge in [-0.2, -0.15) is 0 Å². The van der Waals surface area contributed by atoms with Crippen molar-refractivity contribution in [3.8, 4) is 0 Å². The molecule has 0 aliphatic heterocycles. The molecule has 0 aromatic rings. The molecule has 0 radical (unpaired) electrons. The second-order valence-corrected chi connectivity index (χ2v) is 4.53. The molecule has 1 N–H and O–H groups in total. The fourth-order valence-corrected chi connectivity index (χ4v) is 1.65. The Kier molecular flexibility index (Phi) is 8.35. The molecule has 0 saturated carbocycles. The predicted octanol–water partition coefficient (Wildman–Crippen LogP) is 1.18. The van der Waals surface area contributed by atoms with Gasteiger partial charge in [0.15, 0.2) is 0 Å². The lowest BCUT2D eigenvalue weighted by molar-refractivity contribution is -0.144. The van der Waals surface area contributed by atoms with E-state index < -0.39 is 11.9 Å². The molecule has 2 amide bonds. The van der Waals surface area contributed by atoms with E-state index in [-0.39, 0.29) is 38.2 Å². The van der Waals surface area contributed by atoms with Crippen LogP contribution in [0.1, 0.15) is 34.1 Å². The van der Waals surface area contributed by atoms with Gasteiger partial charge in [0.1, 0.15) is 6.54 Å². The van der Waals surface area contributed by atoms with Crippen molar-refractivity contribution in [1.29, 1.82) is 0 Å². The molecule has 0 aromatic heterocycles. The smallest absolute Gasteiger partial charge is 0.325 e. The second-order valence-electron chi connectivity index (χ2n) is 4.53. The Morgan fingerprint density at radius 2 is 1.80 bits per heavy atom. The van der Waals surface area contributed by atoms with E-state index in [1.807, 2.05) is 0 Å². The van der Waals surface area contributed by atoms with Gasteiger partial charge in [-0.15, -0.1) is 0 Å². The number of rotatable bonds is 8. The molecule has 0 aliphatic carbocycles. The lowest BCUT2D eigenvalue weighted by Crippen LogP contribution is -2.48. The Hall–Kier alpha value is -1.79. The van der Waals surface area contributed by atoms with Crippen LogP contribution in [0.4, 0.5) is 4.79 Å². The molecule has 0 spiro atoms. The third kappa shape index (κ3) is 6.40. The van der Waals surface area contributed by atoms with Gasteiger partial charge in [-0.25, -0.2) is 4.79 Å².